The second kappa shape index (κ2) is 5.26. The lowest BCUT2D eigenvalue weighted by Crippen LogP contribution is -2.37. The van der Waals surface area contributed by atoms with Crippen LogP contribution in [0.15, 0.2) is 22.7 Å². The van der Waals surface area contributed by atoms with Crippen LogP contribution in [-0.4, -0.2) is 34.3 Å². The summed E-state index contributed by atoms with van der Waals surface area (Å²) in [5.74, 6) is -2.09. The number of hydrogen-bond acceptors (Lipinski definition) is 3. The highest BCUT2D eigenvalue weighted by molar-refractivity contribution is 9.10. The Balaban J connectivity index is 1.84. The first-order valence-electron chi connectivity index (χ1n) is 6.87. The normalized spacial score (nSPS) is 24.5. The van der Waals surface area contributed by atoms with Gasteiger partial charge in [-0.3, -0.25) is 19.3 Å². The first-order chi connectivity index (χ1) is 9.99. The first-order valence-corrected chi connectivity index (χ1v) is 7.67. The number of imide groups is 1. The van der Waals surface area contributed by atoms with Crippen LogP contribution in [0.1, 0.15) is 40.0 Å². The third kappa shape index (κ3) is 2.37. The molecule has 3 rings (SSSR count). The van der Waals surface area contributed by atoms with Gasteiger partial charge in [-0.25, -0.2) is 0 Å². The number of benzene rings is 1. The smallest absolute Gasteiger partial charge is 0.306 e. The zero-order valence-corrected chi connectivity index (χ0v) is 12.8. The lowest BCUT2D eigenvalue weighted by molar-refractivity contribution is -0.143. The molecule has 1 aromatic carbocycles. The third-order valence-corrected chi connectivity index (χ3v) is 4.82. The molecule has 21 heavy (non-hydrogen) atoms. The van der Waals surface area contributed by atoms with Gasteiger partial charge in [-0.2, -0.15) is 0 Å². The van der Waals surface area contributed by atoms with Gasteiger partial charge in [0.15, 0.2) is 0 Å². The standard InChI is InChI=1S/C15H14BrNO4/c16-9-4-5-11-12(6-9)14(19)17(13(11)18)7-8-2-1-3-10(8)15(20)21/h4-6,8,10H,1-3,7H2,(H,20,21). The molecule has 2 unspecified atom stereocenters. The van der Waals surface area contributed by atoms with Crippen molar-refractivity contribution in [1.29, 1.82) is 0 Å². The van der Waals surface area contributed by atoms with Gasteiger partial charge in [0.1, 0.15) is 0 Å². The molecule has 1 fully saturated rings. The van der Waals surface area contributed by atoms with Gasteiger partial charge in [0, 0.05) is 11.0 Å². The SMILES string of the molecule is O=C(O)C1CCCC1CN1C(=O)c2ccc(Br)cc2C1=O. The van der Waals surface area contributed by atoms with E-state index in [1.807, 2.05) is 0 Å². The summed E-state index contributed by atoms with van der Waals surface area (Å²) < 4.78 is 0.744. The zero-order chi connectivity index (χ0) is 15.1. The molecule has 2 aliphatic rings. The number of fused-ring (bicyclic) bond motifs is 1. The molecule has 1 aliphatic heterocycles. The molecule has 1 saturated carbocycles. The molecule has 6 heteroatoms. The molecule has 0 spiro atoms. The molecule has 1 aliphatic carbocycles. The molecular formula is C15H14BrNO4. The van der Waals surface area contributed by atoms with Crippen LogP contribution in [0.2, 0.25) is 0 Å². The number of halogens is 1. The number of hydrogen-bond donors (Lipinski definition) is 1. The van der Waals surface area contributed by atoms with E-state index < -0.39 is 11.9 Å². The van der Waals surface area contributed by atoms with Gasteiger partial charge >= 0.3 is 5.97 Å². The maximum Gasteiger partial charge on any atom is 0.306 e. The molecule has 1 heterocycles. The number of carbonyl (C=O) groups excluding carboxylic acids is 2. The topological polar surface area (TPSA) is 74.7 Å². The summed E-state index contributed by atoms with van der Waals surface area (Å²) in [5, 5.41) is 9.20. The van der Waals surface area contributed by atoms with Crippen molar-refractivity contribution in [3.05, 3.63) is 33.8 Å². The van der Waals surface area contributed by atoms with Crippen molar-refractivity contribution in [2.75, 3.05) is 6.54 Å². The molecule has 1 N–H and O–H groups in total. The Morgan fingerprint density at radius 2 is 1.95 bits per heavy atom. The van der Waals surface area contributed by atoms with Crippen molar-refractivity contribution in [2.24, 2.45) is 11.8 Å². The number of amides is 2. The van der Waals surface area contributed by atoms with E-state index in [1.165, 1.54) is 4.90 Å². The van der Waals surface area contributed by atoms with Crippen molar-refractivity contribution in [2.45, 2.75) is 19.3 Å². The van der Waals surface area contributed by atoms with Gasteiger partial charge in [-0.15, -0.1) is 0 Å². The van der Waals surface area contributed by atoms with Crippen LogP contribution in [0.5, 0.6) is 0 Å². The molecule has 0 bridgehead atoms. The van der Waals surface area contributed by atoms with Crippen LogP contribution < -0.4 is 0 Å². The van der Waals surface area contributed by atoms with Gasteiger partial charge in [-0.1, -0.05) is 22.4 Å². The van der Waals surface area contributed by atoms with Crippen molar-refractivity contribution in [1.82, 2.24) is 4.90 Å². The molecule has 0 aromatic heterocycles. The van der Waals surface area contributed by atoms with Crippen LogP contribution in [0.25, 0.3) is 0 Å². The van der Waals surface area contributed by atoms with E-state index in [4.69, 9.17) is 0 Å². The summed E-state index contributed by atoms with van der Waals surface area (Å²) in [6.45, 7) is 0.195. The maximum atomic E-state index is 12.4. The van der Waals surface area contributed by atoms with E-state index in [9.17, 15) is 19.5 Å². The van der Waals surface area contributed by atoms with E-state index in [0.717, 1.165) is 17.3 Å². The highest BCUT2D eigenvalue weighted by Crippen LogP contribution is 2.35. The number of carboxylic acid groups (broad SMARTS) is 1. The molecule has 0 radical (unpaired) electrons. The van der Waals surface area contributed by atoms with Gasteiger partial charge in [0.25, 0.3) is 11.8 Å². The summed E-state index contributed by atoms with van der Waals surface area (Å²) in [6.07, 6.45) is 2.19. The summed E-state index contributed by atoms with van der Waals surface area (Å²) in [7, 11) is 0. The van der Waals surface area contributed by atoms with Gasteiger partial charge < -0.3 is 5.11 Å². The average Bonchev–Trinajstić information content (AvgIpc) is 2.99. The van der Waals surface area contributed by atoms with Crippen LogP contribution in [0.3, 0.4) is 0 Å². The summed E-state index contributed by atoms with van der Waals surface area (Å²) in [4.78, 5) is 37.1. The largest absolute Gasteiger partial charge is 0.481 e. The molecule has 1 aromatic rings. The van der Waals surface area contributed by atoms with Crippen LogP contribution in [-0.2, 0) is 4.79 Å². The fourth-order valence-corrected chi connectivity index (χ4v) is 3.60. The number of carboxylic acids is 1. The predicted octanol–water partition coefficient (Wildman–Crippen LogP) is 2.55. The van der Waals surface area contributed by atoms with Crippen LogP contribution >= 0.6 is 15.9 Å². The second-order valence-corrected chi connectivity index (χ2v) is 6.46. The third-order valence-electron chi connectivity index (χ3n) is 4.33. The Labute approximate surface area is 130 Å². The number of nitrogens with zero attached hydrogens (tertiary/aromatic N) is 1. The van der Waals surface area contributed by atoms with Crippen molar-refractivity contribution >= 4 is 33.7 Å². The monoisotopic (exact) mass is 351 g/mol. The Morgan fingerprint density at radius 1 is 1.24 bits per heavy atom. The van der Waals surface area contributed by atoms with Gasteiger partial charge in [-0.05, 0) is 37.0 Å². The fraction of sp³-hybridized carbons (Fsp3) is 0.400. The van der Waals surface area contributed by atoms with E-state index in [0.29, 0.717) is 17.5 Å². The number of rotatable bonds is 3. The Morgan fingerprint density at radius 3 is 2.67 bits per heavy atom. The lowest BCUT2D eigenvalue weighted by atomic mass is 9.95. The first kappa shape index (κ1) is 14.3. The number of carbonyl (C=O) groups is 3. The van der Waals surface area contributed by atoms with E-state index in [-0.39, 0.29) is 24.3 Å². The average molecular weight is 352 g/mol. The van der Waals surface area contributed by atoms with Gasteiger partial charge in [0.05, 0.1) is 17.0 Å². The molecule has 2 atom stereocenters. The minimum Gasteiger partial charge on any atom is -0.481 e. The molecule has 5 nitrogen and oxygen atoms in total. The van der Waals surface area contributed by atoms with Gasteiger partial charge in [0.2, 0.25) is 0 Å². The van der Waals surface area contributed by atoms with Crippen molar-refractivity contribution in [3.8, 4) is 0 Å². The van der Waals surface area contributed by atoms with Crippen molar-refractivity contribution < 1.29 is 19.5 Å². The van der Waals surface area contributed by atoms with Crippen LogP contribution in [0.4, 0.5) is 0 Å². The number of aliphatic carboxylic acids is 1. The van der Waals surface area contributed by atoms with Crippen molar-refractivity contribution in [3.63, 3.8) is 0 Å². The van der Waals surface area contributed by atoms with E-state index >= 15 is 0 Å². The molecule has 0 saturated heterocycles. The minimum absolute atomic E-state index is 0.145. The van der Waals surface area contributed by atoms with Crippen LogP contribution in [0, 0.1) is 11.8 Å². The fourth-order valence-electron chi connectivity index (χ4n) is 3.24. The van der Waals surface area contributed by atoms with E-state index in [2.05, 4.69) is 15.9 Å². The zero-order valence-electron chi connectivity index (χ0n) is 11.2. The second-order valence-electron chi connectivity index (χ2n) is 5.55. The van der Waals surface area contributed by atoms with E-state index in [1.54, 1.807) is 18.2 Å². The molecular weight excluding hydrogens is 338 g/mol. The summed E-state index contributed by atoms with van der Waals surface area (Å²) in [5.41, 5.74) is 0.785. The molecule has 2 amide bonds. The highest BCUT2D eigenvalue weighted by Gasteiger charge is 2.41. The quantitative estimate of drug-likeness (QED) is 0.849. The maximum absolute atomic E-state index is 12.4. The Bertz CT molecular complexity index is 643. The Hall–Kier alpha value is -1.69. The molecule has 110 valence electrons. The summed E-state index contributed by atoms with van der Waals surface area (Å²) >= 11 is 3.29. The summed E-state index contributed by atoms with van der Waals surface area (Å²) in [6, 6.07) is 4.99. The Kier molecular flexibility index (Phi) is 3.57. The lowest BCUT2D eigenvalue weighted by Gasteiger charge is -2.21. The minimum atomic E-state index is -0.836. The highest BCUT2D eigenvalue weighted by atomic mass is 79.9. The predicted molar refractivity (Wildman–Crippen MR) is 78.0 cm³/mol.